The van der Waals surface area contributed by atoms with Crippen molar-refractivity contribution in [3.05, 3.63) is 28.2 Å². The Balaban J connectivity index is 2.05. The molecular formula is C14H19BrN4S2. The molecule has 1 heterocycles. The number of nitrogens with zero attached hydrogens (tertiary/aromatic N) is 3. The molecule has 0 aliphatic rings. The van der Waals surface area contributed by atoms with Gasteiger partial charge in [0.05, 0.1) is 0 Å². The Hall–Kier alpha value is -0.630. The van der Waals surface area contributed by atoms with Gasteiger partial charge in [-0.25, -0.2) is 0 Å². The zero-order valence-corrected chi connectivity index (χ0v) is 15.8. The van der Waals surface area contributed by atoms with Crippen molar-refractivity contribution >= 4 is 44.2 Å². The highest BCUT2D eigenvalue weighted by Crippen LogP contribution is 2.34. The van der Waals surface area contributed by atoms with Crippen LogP contribution in [0.2, 0.25) is 0 Å². The van der Waals surface area contributed by atoms with E-state index in [1.165, 1.54) is 5.56 Å². The fourth-order valence-electron chi connectivity index (χ4n) is 1.57. The third-order valence-electron chi connectivity index (χ3n) is 2.71. The van der Waals surface area contributed by atoms with Gasteiger partial charge in [-0.3, -0.25) is 0 Å². The summed E-state index contributed by atoms with van der Waals surface area (Å²) in [5.74, 6) is 0. The third-order valence-corrected chi connectivity index (χ3v) is 5.58. The van der Waals surface area contributed by atoms with E-state index in [1.807, 2.05) is 19.0 Å². The van der Waals surface area contributed by atoms with Gasteiger partial charge in [0.2, 0.25) is 5.13 Å². The van der Waals surface area contributed by atoms with Crippen LogP contribution in [0.1, 0.15) is 19.4 Å². The van der Waals surface area contributed by atoms with Gasteiger partial charge in [0.25, 0.3) is 0 Å². The van der Waals surface area contributed by atoms with Crippen LogP contribution in [-0.4, -0.2) is 30.3 Å². The minimum atomic E-state index is 0.483. The number of hydrogen-bond acceptors (Lipinski definition) is 6. The molecule has 2 rings (SSSR count). The number of rotatable bonds is 6. The summed E-state index contributed by atoms with van der Waals surface area (Å²) in [5.41, 5.74) is 1.26. The topological polar surface area (TPSA) is 41.1 Å². The Labute approximate surface area is 142 Å². The molecule has 0 aliphatic heterocycles. The summed E-state index contributed by atoms with van der Waals surface area (Å²) < 4.78 is 2.08. The summed E-state index contributed by atoms with van der Waals surface area (Å²) in [6, 6.07) is 6.90. The fraction of sp³-hybridized carbons (Fsp3) is 0.429. The van der Waals surface area contributed by atoms with Crippen molar-refractivity contribution < 1.29 is 0 Å². The Morgan fingerprint density at radius 2 is 2.10 bits per heavy atom. The summed E-state index contributed by atoms with van der Waals surface area (Å²) in [5, 5.41) is 12.7. The van der Waals surface area contributed by atoms with Gasteiger partial charge in [-0.05, 0) is 17.7 Å². The molecule has 0 saturated heterocycles. The summed E-state index contributed by atoms with van der Waals surface area (Å²) in [4.78, 5) is 3.13. The second-order valence-corrected chi connectivity index (χ2v) is 8.27. The molecule has 1 aromatic heterocycles. The predicted octanol–water partition coefficient (Wildman–Crippen LogP) is 4.02. The molecule has 1 aromatic carbocycles. The maximum Gasteiger partial charge on any atom is 0.208 e. The predicted molar refractivity (Wildman–Crippen MR) is 94.5 cm³/mol. The van der Waals surface area contributed by atoms with Crippen LogP contribution in [0.25, 0.3) is 0 Å². The summed E-state index contributed by atoms with van der Waals surface area (Å²) in [7, 11) is 3.95. The normalized spacial score (nSPS) is 11.1. The molecule has 4 nitrogen and oxygen atoms in total. The standard InChI is InChI=1S/C14H19BrN4S2/c1-9(2)16-8-10-5-6-11(7-12(10)15)20-14-18-17-13(21-14)19(3)4/h5-7,9,16H,8H2,1-4H3. The van der Waals surface area contributed by atoms with Gasteiger partial charge in [0.15, 0.2) is 4.34 Å². The third kappa shape index (κ3) is 4.95. The number of hydrogen-bond donors (Lipinski definition) is 1. The van der Waals surface area contributed by atoms with E-state index in [0.29, 0.717) is 6.04 Å². The van der Waals surface area contributed by atoms with E-state index >= 15 is 0 Å². The lowest BCUT2D eigenvalue weighted by molar-refractivity contribution is 0.587. The average Bonchev–Trinajstić information content (AvgIpc) is 2.86. The van der Waals surface area contributed by atoms with Crippen LogP contribution in [0.3, 0.4) is 0 Å². The monoisotopic (exact) mass is 386 g/mol. The maximum atomic E-state index is 4.21. The number of benzene rings is 1. The molecular weight excluding hydrogens is 368 g/mol. The summed E-state index contributed by atoms with van der Waals surface area (Å²) >= 11 is 6.88. The smallest absolute Gasteiger partial charge is 0.208 e. The van der Waals surface area contributed by atoms with Gasteiger partial charge in [-0.2, -0.15) is 0 Å². The Morgan fingerprint density at radius 3 is 2.67 bits per heavy atom. The molecule has 0 radical (unpaired) electrons. The highest BCUT2D eigenvalue weighted by atomic mass is 79.9. The molecule has 7 heteroatoms. The number of nitrogens with one attached hydrogen (secondary N) is 1. The molecule has 2 aromatic rings. The first-order valence-corrected chi connectivity index (χ1v) is 9.09. The lowest BCUT2D eigenvalue weighted by Gasteiger charge is -2.10. The molecule has 0 atom stereocenters. The Bertz CT molecular complexity index is 598. The van der Waals surface area contributed by atoms with Crippen LogP contribution in [0.4, 0.5) is 5.13 Å². The van der Waals surface area contributed by atoms with Gasteiger partial charge in [0.1, 0.15) is 0 Å². The zero-order chi connectivity index (χ0) is 15.4. The molecule has 0 aliphatic carbocycles. The van der Waals surface area contributed by atoms with E-state index in [4.69, 9.17) is 0 Å². The molecule has 114 valence electrons. The molecule has 0 bridgehead atoms. The van der Waals surface area contributed by atoms with Gasteiger partial charge in [-0.1, -0.05) is 58.9 Å². The minimum absolute atomic E-state index is 0.483. The van der Waals surface area contributed by atoms with Crippen molar-refractivity contribution in [2.24, 2.45) is 0 Å². The lowest BCUT2D eigenvalue weighted by Crippen LogP contribution is -2.21. The van der Waals surface area contributed by atoms with E-state index in [2.05, 4.69) is 63.5 Å². The molecule has 0 fully saturated rings. The maximum absolute atomic E-state index is 4.21. The van der Waals surface area contributed by atoms with Crippen molar-refractivity contribution in [3.63, 3.8) is 0 Å². The molecule has 21 heavy (non-hydrogen) atoms. The van der Waals surface area contributed by atoms with Gasteiger partial charge >= 0.3 is 0 Å². The van der Waals surface area contributed by atoms with Crippen LogP contribution in [0, 0.1) is 0 Å². The number of aromatic nitrogens is 2. The van der Waals surface area contributed by atoms with E-state index in [9.17, 15) is 0 Å². The minimum Gasteiger partial charge on any atom is -0.353 e. The van der Waals surface area contributed by atoms with E-state index < -0.39 is 0 Å². The average molecular weight is 387 g/mol. The van der Waals surface area contributed by atoms with Gasteiger partial charge in [0, 0.05) is 36.1 Å². The first kappa shape index (κ1) is 16.7. The largest absolute Gasteiger partial charge is 0.353 e. The fourth-order valence-corrected chi connectivity index (χ4v) is 4.02. The van der Waals surface area contributed by atoms with Crippen LogP contribution in [0.5, 0.6) is 0 Å². The van der Waals surface area contributed by atoms with Crippen LogP contribution < -0.4 is 10.2 Å². The van der Waals surface area contributed by atoms with Crippen molar-refractivity contribution in [1.82, 2.24) is 15.5 Å². The lowest BCUT2D eigenvalue weighted by atomic mass is 10.2. The van der Waals surface area contributed by atoms with Crippen molar-refractivity contribution in [2.75, 3.05) is 19.0 Å². The molecule has 0 saturated carbocycles. The first-order chi connectivity index (χ1) is 9.95. The Kier molecular flexibility index (Phi) is 6.04. The number of anilines is 1. The highest BCUT2D eigenvalue weighted by molar-refractivity contribution is 9.10. The molecule has 0 unspecified atom stereocenters. The zero-order valence-electron chi connectivity index (χ0n) is 12.6. The van der Waals surface area contributed by atoms with Crippen molar-refractivity contribution in [3.8, 4) is 0 Å². The van der Waals surface area contributed by atoms with Crippen molar-refractivity contribution in [1.29, 1.82) is 0 Å². The second kappa shape index (κ2) is 7.58. The van der Waals surface area contributed by atoms with E-state index in [1.54, 1.807) is 23.1 Å². The summed E-state index contributed by atoms with van der Waals surface area (Å²) in [6.07, 6.45) is 0. The van der Waals surface area contributed by atoms with Crippen LogP contribution in [0.15, 0.2) is 31.9 Å². The molecule has 1 N–H and O–H groups in total. The molecule has 0 spiro atoms. The highest BCUT2D eigenvalue weighted by Gasteiger charge is 2.09. The Morgan fingerprint density at radius 1 is 1.33 bits per heavy atom. The first-order valence-electron chi connectivity index (χ1n) is 6.66. The van der Waals surface area contributed by atoms with Crippen LogP contribution >= 0.6 is 39.0 Å². The van der Waals surface area contributed by atoms with Gasteiger partial charge < -0.3 is 10.2 Å². The molecule has 0 amide bonds. The van der Waals surface area contributed by atoms with Crippen molar-refractivity contribution in [2.45, 2.75) is 35.7 Å². The number of halogens is 1. The quantitative estimate of drug-likeness (QED) is 0.811. The van der Waals surface area contributed by atoms with E-state index in [-0.39, 0.29) is 0 Å². The SMILES string of the molecule is CC(C)NCc1ccc(Sc2nnc(N(C)C)s2)cc1Br. The van der Waals surface area contributed by atoms with Gasteiger partial charge in [-0.15, -0.1) is 10.2 Å². The van der Waals surface area contributed by atoms with Crippen LogP contribution in [-0.2, 0) is 6.54 Å². The summed E-state index contributed by atoms with van der Waals surface area (Å²) in [6.45, 7) is 5.17. The van der Waals surface area contributed by atoms with E-state index in [0.717, 1.165) is 25.4 Å². The second-order valence-electron chi connectivity index (χ2n) is 5.14.